The van der Waals surface area contributed by atoms with Gasteiger partial charge in [0, 0.05) is 5.92 Å². The minimum Gasteiger partial charge on any atom is -0.480 e. The Bertz CT molecular complexity index is 222. The summed E-state index contributed by atoms with van der Waals surface area (Å²) in [6.45, 7) is 6.89. The molecule has 2 saturated heterocycles. The molecule has 2 aliphatic rings. The summed E-state index contributed by atoms with van der Waals surface area (Å²) >= 11 is 0. The van der Waals surface area contributed by atoms with Crippen LogP contribution < -0.4 is 10.6 Å². The van der Waals surface area contributed by atoms with Crippen molar-refractivity contribution < 1.29 is 14.7 Å². The molecule has 2 rings (SSSR count). The van der Waals surface area contributed by atoms with E-state index in [2.05, 4.69) is 10.6 Å². The molecule has 0 aromatic carbocycles. The van der Waals surface area contributed by atoms with Crippen molar-refractivity contribution in [2.75, 3.05) is 19.6 Å². The van der Waals surface area contributed by atoms with Gasteiger partial charge in [-0.1, -0.05) is 13.8 Å². The van der Waals surface area contributed by atoms with Gasteiger partial charge in [0.2, 0.25) is 0 Å². The van der Waals surface area contributed by atoms with Crippen molar-refractivity contribution in [2.45, 2.75) is 45.6 Å². The van der Waals surface area contributed by atoms with Crippen LogP contribution in [0.4, 0.5) is 0 Å². The lowest BCUT2D eigenvalue weighted by Gasteiger charge is -2.16. The summed E-state index contributed by atoms with van der Waals surface area (Å²) in [6, 6.07) is -0.269. The third-order valence-electron chi connectivity index (χ3n) is 2.93. The average molecular weight is 258 g/mol. The molecule has 2 heterocycles. The van der Waals surface area contributed by atoms with Gasteiger partial charge < -0.3 is 20.5 Å². The smallest absolute Gasteiger partial charge is 0.320 e. The first-order chi connectivity index (χ1) is 8.74. The third-order valence-corrected chi connectivity index (χ3v) is 2.93. The summed E-state index contributed by atoms with van der Waals surface area (Å²) in [7, 11) is 0. The van der Waals surface area contributed by atoms with Gasteiger partial charge in [-0.05, 0) is 45.3 Å². The van der Waals surface area contributed by atoms with Gasteiger partial charge in [0.15, 0.2) is 0 Å². The Morgan fingerprint density at radius 2 is 1.78 bits per heavy atom. The summed E-state index contributed by atoms with van der Waals surface area (Å²) in [5.74, 6) is -0.376. The number of piperidine rings is 1. The SMILES string of the molecule is CC.O=C(O)C1CCCN1.O=CC1CCNCC1. The maximum absolute atomic E-state index is 10.1. The van der Waals surface area contributed by atoms with Gasteiger partial charge in [0.1, 0.15) is 12.3 Å². The molecule has 1 atom stereocenters. The number of hydrogen-bond donors (Lipinski definition) is 3. The fraction of sp³-hybridized carbons (Fsp3) is 0.846. The Morgan fingerprint density at radius 3 is 2.06 bits per heavy atom. The molecule has 0 radical (unpaired) electrons. The van der Waals surface area contributed by atoms with Crippen LogP contribution >= 0.6 is 0 Å². The highest BCUT2D eigenvalue weighted by Crippen LogP contribution is 2.06. The number of carbonyl (C=O) groups excluding carboxylic acids is 1. The predicted octanol–water partition coefficient (Wildman–Crippen LogP) is 1.03. The number of aldehydes is 1. The monoisotopic (exact) mass is 258 g/mol. The Hall–Kier alpha value is -0.940. The van der Waals surface area contributed by atoms with Crippen molar-refractivity contribution in [3.8, 4) is 0 Å². The summed E-state index contributed by atoms with van der Waals surface area (Å²) in [5.41, 5.74) is 0. The number of carboxylic acid groups (broad SMARTS) is 1. The molecule has 1 unspecified atom stereocenters. The van der Waals surface area contributed by atoms with Gasteiger partial charge in [-0.2, -0.15) is 0 Å². The van der Waals surface area contributed by atoms with Crippen LogP contribution in [0.25, 0.3) is 0 Å². The molecule has 0 bridgehead atoms. The number of rotatable bonds is 2. The van der Waals surface area contributed by atoms with Crippen LogP contribution in [0.15, 0.2) is 0 Å². The lowest BCUT2D eigenvalue weighted by molar-refractivity contribution is -0.139. The zero-order valence-electron chi connectivity index (χ0n) is 11.4. The van der Waals surface area contributed by atoms with Crippen molar-refractivity contribution in [2.24, 2.45) is 5.92 Å². The summed E-state index contributed by atoms with van der Waals surface area (Å²) in [4.78, 5) is 20.3. The van der Waals surface area contributed by atoms with Crippen LogP contribution in [0.1, 0.15) is 39.5 Å². The highest BCUT2D eigenvalue weighted by molar-refractivity contribution is 5.73. The van der Waals surface area contributed by atoms with Crippen LogP contribution in [-0.4, -0.2) is 43.0 Å². The summed E-state index contributed by atoms with van der Waals surface area (Å²) in [6.07, 6.45) is 4.92. The maximum Gasteiger partial charge on any atom is 0.320 e. The molecule has 2 aliphatic heterocycles. The number of hydrogen-bond acceptors (Lipinski definition) is 4. The Balaban J connectivity index is 0.000000283. The molecule has 0 aromatic heterocycles. The maximum atomic E-state index is 10.1. The van der Waals surface area contributed by atoms with E-state index >= 15 is 0 Å². The Morgan fingerprint density at radius 1 is 1.17 bits per heavy atom. The molecule has 0 aliphatic carbocycles. The van der Waals surface area contributed by atoms with E-state index < -0.39 is 5.97 Å². The van der Waals surface area contributed by atoms with E-state index in [4.69, 9.17) is 5.11 Å². The molecule has 0 saturated carbocycles. The van der Waals surface area contributed by atoms with E-state index in [1.807, 2.05) is 13.8 Å². The molecular weight excluding hydrogens is 232 g/mol. The van der Waals surface area contributed by atoms with Gasteiger partial charge in [-0.3, -0.25) is 4.79 Å². The molecule has 0 amide bonds. The first-order valence-electron chi connectivity index (χ1n) is 6.86. The Labute approximate surface area is 109 Å². The number of carbonyl (C=O) groups is 2. The van der Waals surface area contributed by atoms with E-state index in [9.17, 15) is 9.59 Å². The van der Waals surface area contributed by atoms with Crippen LogP contribution in [-0.2, 0) is 9.59 Å². The van der Waals surface area contributed by atoms with Crippen LogP contribution in [0, 0.1) is 5.92 Å². The molecule has 18 heavy (non-hydrogen) atoms. The molecule has 0 spiro atoms. The topological polar surface area (TPSA) is 78.4 Å². The Kier molecular flexibility index (Phi) is 10.6. The highest BCUT2D eigenvalue weighted by atomic mass is 16.4. The van der Waals surface area contributed by atoms with E-state index in [0.29, 0.717) is 5.92 Å². The largest absolute Gasteiger partial charge is 0.480 e. The van der Waals surface area contributed by atoms with Crippen LogP contribution in [0.2, 0.25) is 0 Å². The molecule has 106 valence electrons. The molecule has 0 aromatic rings. The molecular formula is C13H26N2O3. The van der Waals surface area contributed by atoms with Crippen molar-refractivity contribution in [1.82, 2.24) is 10.6 Å². The lowest BCUT2D eigenvalue weighted by atomic mass is 10.0. The predicted molar refractivity (Wildman–Crippen MR) is 71.7 cm³/mol. The van der Waals surface area contributed by atoms with E-state index in [1.165, 1.54) is 0 Å². The number of aliphatic carboxylic acids is 1. The van der Waals surface area contributed by atoms with E-state index in [0.717, 1.165) is 51.6 Å². The van der Waals surface area contributed by atoms with Crippen molar-refractivity contribution in [1.29, 1.82) is 0 Å². The number of carboxylic acids is 1. The molecule has 3 N–H and O–H groups in total. The van der Waals surface area contributed by atoms with E-state index in [-0.39, 0.29) is 6.04 Å². The van der Waals surface area contributed by atoms with Crippen LogP contribution in [0.5, 0.6) is 0 Å². The normalized spacial score (nSPS) is 23.1. The fourth-order valence-corrected chi connectivity index (χ4v) is 1.88. The highest BCUT2D eigenvalue weighted by Gasteiger charge is 2.20. The second-order valence-electron chi connectivity index (χ2n) is 4.21. The van der Waals surface area contributed by atoms with Crippen LogP contribution in [0.3, 0.4) is 0 Å². The van der Waals surface area contributed by atoms with Gasteiger partial charge in [-0.25, -0.2) is 0 Å². The first-order valence-corrected chi connectivity index (χ1v) is 6.86. The lowest BCUT2D eigenvalue weighted by Crippen LogP contribution is -2.29. The van der Waals surface area contributed by atoms with E-state index in [1.54, 1.807) is 0 Å². The summed E-state index contributed by atoms with van der Waals surface area (Å²) < 4.78 is 0. The van der Waals surface area contributed by atoms with Gasteiger partial charge >= 0.3 is 5.97 Å². The fourth-order valence-electron chi connectivity index (χ4n) is 1.88. The minimum absolute atomic E-state index is 0.269. The zero-order chi connectivity index (χ0) is 13.8. The molecule has 5 nitrogen and oxygen atoms in total. The standard InChI is InChI=1S/C6H11NO.C5H9NO2.C2H6/c8-5-6-1-3-7-4-2-6;7-5(8)4-2-1-3-6-4;1-2/h5-7H,1-4H2;4,6H,1-3H2,(H,7,8);1-2H3. The zero-order valence-corrected chi connectivity index (χ0v) is 11.4. The third kappa shape index (κ3) is 7.40. The van der Waals surface area contributed by atoms with Gasteiger partial charge in [0.05, 0.1) is 0 Å². The quantitative estimate of drug-likeness (QED) is 0.645. The van der Waals surface area contributed by atoms with Crippen molar-refractivity contribution in [3.05, 3.63) is 0 Å². The second-order valence-corrected chi connectivity index (χ2v) is 4.21. The average Bonchev–Trinajstić information content (AvgIpc) is 2.97. The molecule has 5 heteroatoms. The first kappa shape index (κ1) is 17.1. The van der Waals surface area contributed by atoms with Crippen molar-refractivity contribution in [3.63, 3.8) is 0 Å². The summed E-state index contributed by atoms with van der Waals surface area (Å²) in [5, 5.41) is 14.4. The second kappa shape index (κ2) is 11.2. The minimum atomic E-state index is -0.720. The van der Waals surface area contributed by atoms with Gasteiger partial charge in [-0.15, -0.1) is 0 Å². The number of nitrogens with one attached hydrogen (secondary N) is 2. The van der Waals surface area contributed by atoms with Gasteiger partial charge in [0.25, 0.3) is 0 Å². The van der Waals surface area contributed by atoms with Crippen molar-refractivity contribution >= 4 is 12.3 Å². The molecule has 2 fully saturated rings.